The molecule has 0 fully saturated rings. The molecule has 0 saturated heterocycles. The number of aromatic hydroxyl groups is 1. The molecule has 1 heterocycles. The van der Waals surface area contributed by atoms with Crippen LogP contribution in [0, 0.1) is 10.1 Å². The van der Waals surface area contributed by atoms with Crippen LogP contribution in [0.2, 0.25) is 5.02 Å². The zero-order valence-electron chi connectivity index (χ0n) is 11.3. The highest BCUT2D eigenvalue weighted by atomic mass is 35.5. The van der Waals surface area contributed by atoms with Crippen molar-refractivity contribution >= 4 is 46.2 Å². The number of non-ortho nitro benzene ring substituents is 1. The summed E-state index contributed by atoms with van der Waals surface area (Å²) < 4.78 is 0. The number of benzene rings is 1. The van der Waals surface area contributed by atoms with Gasteiger partial charge in [-0.1, -0.05) is 11.6 Å². The maximum Gasteiger partial charge on any atom is 0.273 e. The molecule has 0 spiro atoms. The van der Waals surface area contributed by atoms with Crippen LogP contribution in [0.5, 0.6) is 5.75 Å². The number of nitrogens with one attached hydrogen (secondary N) is 2. The van der Waals surface area contributed by atoms with Gasteiger partial charge in [0.1, 0.15) is 0 Å². The summed E-state index contributed by atoms with van der Waals surface area (Å²) in [5, 5.41) is 25.1. The van der Waals surface area contributed by atoms with Crippen molar-refractivity contribution in [1.29, 1.82) is 0 Å². The molecule has 0 atom stereocenters. The molecule has 0 aliphatic carbocycles. The van der Waals surface area contributed by atoms with E-state index in [-0.39, 0.29) is 27.1 Å². The first kappa shape index (κ1) is 16.6. The van der Waals surface area contributed by atoms with Crippen molar-refractivity contribution in [2.45, 2.75) is 0 Å². The number of nitro benzene ring substituents is 1. The van der Waals surface area contributed by atoms with Crippen molar-refractivity contribution in [2.75, 3.05) is 5.32 Å². The summed E-state index contributed by atoms with van der Waals surface area (Å²) in [5.74, 6) is -0.943. The summed E-state index contributed by atoms with van der Waals surface area (Å²) in [6.07, 6.45) is 2.86. The number of carbonyl (C=O) groups excluding carboxylic acids is 1. The zero-order chi connectivity index (χ0) is 17.0. The molecule has 23 heavy (non-hydrogen) atoms. The van der Waals surface area contributed by atoms with Gasteiger partial charge in [-0.15, -0.1) is 0 Å². The minimum atomic E-state index is -0.673. The second-order valence-corrected chi connectivity index (χ2v) is 5.05. The highest BCUT2D eigenvalue weighted by Crippen LogP contribution is 2.35. The van der Waals surface area contributed by atoms with Crippen LogP contribution < -0.4 is 10.6 Å². The predicted molar refractivity (Wildman–Crippen MR) is 87.7 cm³/mol. The number of nitro groups is 1. The van der Waals surface area contributed by atoms with Crippen LogP contribution in [0.4, 0.5) is 11.4 Å². The quantitative estimate of drug-likeness (QED) is 0.336. The third-order valence-electron chi connectivity index (χ3n) is 2.66. The number of carbonyl (C=O) groups is 1. The Hall–Kier alpha value is -2.78. The molecule has 0 unspecified atom stereocenters. The third-order valence-corrected chi connectivity index (χ3v) is 3.15. The van der Waals surface area contributed by atoms with Crippen LogP contribution in [-0.4, -0.2) is 26.0 Å². The van der Waals surface area contributed by atoms with E-state index in [1.807, 2.05) is 0 Å². The highest BCUT2D eigenvalue weighted by molar-refractivity contribution is 7.80. The van der Waals surface area contributed by atoms with Gasteiger partial charge in [-0.25, -0.2) is 0 Å². The van der Waals surface area contributed by atoms with E-state index in [4.69, 9.17) is 23.8 Å². The van der Waals surface area contributed by atoms with Crippen LogP contribution in [0.15, 0.2) is 36.7 Å². The number of anilines is 1. The summed E-state index contributed by atoms with van der Waals surface area (Å²) in [5.41, 5.74) is -0.157. The van der Waals surface area contributed by atoms with Crippen molar-refractivity contribution in [2.24, 2.45) is 0 Å². The Kier molecular flexibility index (Phi) is 5.04. The Morgan fingerprint density at radius 2 is 2.17 bits per heavy atom. The second-order valence-electron chi connectivity index (χ2n) is 4.23. The number of aromatic nitrogens is 1. The molecular weight excluding hydrogens is 344 g/mol. The summed E-state index contributed by atoms with van der Waals surface area (Å²) in [4.78, 5) is 25.8. The molecule has 8 nitrogen and oxygen atoms in total. The molecule has 3 N–H and O–H groups in total. The molecule has 2 rings (SSSR count). The minimum absolute atomic E-state index is 0.0966. The number of hydrogen-bond donors (Lipinski definition) is 3. The number of thiocarbonyl (C=S) groups is 1. The summed E-state index contributed by atoms with van der Waals surface area (Å²) >= 11 is 10.7. The molecule has 0 aliphatic heterocycles. The third kappa shape index (κ3) is 4.11. The van der Waals surface area contributed by atoms with Gasteiger partial charge < -0.3 is 10.4 Å². The number of phenols is 1. The standard InChI is InChI=1S/C13H9ClN4O4S/c14-9-4-8(18(21)22)5-10(11(9)19)16-13(23)17-12(20)7-2-1-3-15-6-7/h1-6,19H,(H2,16,17,20,23). The lowest BCUT2D eigenvalue weighted by Crippen LogP contribution is -2.34. The number of halogens is 1. The minimum Gasteiger partial charge on any atom is -0.504 e. The van der Waals surface area contributed by atoms with Crippen molar-refractivity contribution in [1.82, 2.24) is 10.3 Å². The van der Waals surface area contributed by atoms with Crippen molar-refractivity contribution < 1.29 is 14.8 Å². The summed E-state index contributed by atoms with van der Waals surface area (Å²) in [6, 6.07) is 5.16. The molecule has 0 saturated carbocycles. The highest BCUT2D eigenvalue weighted by Gasteiger charge is 2.16. The van der Waals surface area contributed by atoms with E-state index in [2.05, 4.69) is 15.6 Å². The normalized spacial score (nSPS) is 9.96. The van der Waals surface area contributed by atoms with E-state index >= 15 is 0 Å². The lowest BCUT2D eigenvalue weighted by atomic mass is 10.2. The fourth-order valence-corrected chi connectivity index (χ4v) is 2.03. The SMILES string of the molecule is O=C(NC(=S)Nc1cc([N+](=O)[O-])cc(Cl)c1O)c1cccnc1. The molecule has 0 aliphatic rings. The van der Waals surface area contributed by atoms with Crippen molar-refractivity contribution in [3.05, 3.63) is 57.4 Å². The average molecular weight is 353 g/mol. The largest absolute Gasteiger partial charge is 0.504 e. The molecule has 1 amide bonds. The topological polar surface area (TPSA) is 117 Å². The molecule has 1 aromatic heterocycles. The maximum atomic E-state index is 11.9. The Morgan fingerprint density at radius 1 is 1.43 bits per heavy atom. The first-order valence-electron chi connectivity index (χ1n) is 6.07. The van der Waals surface area contributed by atoms with Crippen LogP contribution >= 0.6 is 23.8 Å². The molecule has 2 aromatic rings. The van der Waals surface area contributed by atoms with Crippen LogP contribution in [-0.2, 0) is 0 Å². The summed E-state index contributed by atoms with van der Waals surface area (Å²) in [6.45, 7) is 0. The zero-order valence-corrected chi connectivity index (χ0v) is 12.9. The van der Waals surface area contributed by atoms with Crippen LogP contribution in [0.1, 0.15) is 10.4 Å². The van der Waals surface area contributed by atoms with E-state index in [1.165, 1.54) is 18.5 Å². The van der Waals surface area contributed by atoms with E-state index in [0.717, 1.165) is 12.1 Å². The van der Waals surface area contributed by atoms with Gasteiger partial charge in [0.25, 0.3) is 11.6 Å². The maximum absolute atomic E-state index is 11.9. The Morgan fingerprint density at radius 3 is 2.78 bits per heavy atom. The molecule has 0 bridgehead atoms. The van der Waals surface area contributed by atoms with Crippen LogP contribution in [0.3, 0.4) is 0 Å². The van der Waals surface area contributed by atoms with Gasteiger partial charge in [-0.3, -0.25) is 25.2 Å². The Bertz CT molecular complexity index is 785. The first-order valence-corrected chi connectivity index (χ1v) is 6.86. The van der Waals surface area contributed by atoms with Gasteiger partial charge in [0, 0.05) is 24.5 Å². The van der Waals surface area contributed by atoms with Crippen molar-refractivity contribution in [3.63, 3.8) is 0 Å². The monoisotopic (exact) mass is 352 g/mol. The number of pyridine rings is 1. The number of amides is 1. The second kappa shape index (κ2) is 6.99. The van der Waals surface area contributed by atoms with Gasteiger partial charge in [0.05, 0.1) is 21.2 Å². The van der Waals surface area contributed by atoms with Gasteiger partial charge >= 0.3 is 0 Å². The smallest absolute Gasteiger partial charge is 0.273 e. The fourth-order valence-electron chi connectivity index (χ4n) is 1.61. The number of rotatable bonds is 3. The molecule has 118 valence electrons. The van der Waals surface area contributed by atoms with Crippen LogP contribution in [0.25, 0.3) is 0 Å². The number of phenolic OH excluding ortho intramolecular Hbond substituents is 1. The number of hydrogen-bond acceptors (Lipinski definition) is 6. The van der Waals surface area contributed by atoms with Gasteiger partial charge in [-0.05, 0) is 24.4 Å². The average Bonchev–Trinajstić information content (AvgIpc) is 2.52. The van der Waals surface area contributed by atoms with Crippen molar-refractivity contribution in [3.8, 4) is 5.75 Å². The first-order chi connectivity index (χ1) is 10.9. The lowest BCUT2D eigenvalue weighted by molar-refractivity contribution is -0.384. The van der Waals surface area contributed by atoms with Gasteiger partial charge in [-0.2, -0.15) is 0 Å². The number of nitrogens with zero attached hydrogens (tertiary/aromatic N) is 2. The van der Waals surface area contributed by atoms with Gasteiger partial charge in [0.15, 0.2) is 10.9 Å². The Labute approximate surface area is 140 Å². The summed E-state index contributed by atoms with van der Waals surface area (Å²) in [7, 11) is 0. The molecular formula is C13H9ClN4O4S. The van der Waals surface area contributed by atoms with E-state index < -0.39 is 16.6 Å². The van der Waals surface area contributed by atoms with E-state index in [9.17, 15) is 20.0 Å². The predicted octanol–water partition coefficient (Wildman–Crippen LogP) is 2.48. The fraction of sp³-hybridized carbons (Fsp3) is 0. The molecule has 1 aromatic carbocycles. The van der Waals surface area contributed by atoms with Gasteiger partial charge in [0.2, 0.25) is 0 Å². The Balaban J connectivity index is 2.14. The lowest BCUT2D eigenvalue weighted by Gasteiger charge is -2.11. The molecule has 10 heteroatoms. The molecule has 0 radical (unpaired) electrons. The van der Waals surface area contributed by atoms with E-state index in [1.54, 1.807) is 6.07 Å². The van der Waals surface area contributed by atoms with E-state index in [0.29, 0.717) is 0 Å².